The molecule has 1 fully saturated rings. The molecule has 0 spiro atoms. The molecule has 3 aromatic rings. The Morgan fingerprint density at radius 3 is 1.97 bits per heavy atom. The largest absolute Gasteiger partial charge is 0.368 e. The first-order valence-corrected chi connectivity index (χ1v) is 13.8. The highest BCUT2D eigenvalue weighted by Crippen LogP contribution is 2.45. The van der Waals surface area contributed by atoms with E-state index in [2.05, 4.69) is 53.5 Å². The predicted octanol–water partition coefficient (Wildman–Crippen LogP) is 6.45. The van der Waals surface area contributed by atoms with Crippen molar-refractivity contribution in [2.75, 3.05) is 36.4 Å². The number of nitrogens with one attached hydrogen (secondary N) is 1. The van der Waals surface area contributed by atoms with Crippen molar-refractivity contribution in [3.63, 3.8) is 0 Å². The van der Waals surface area contributed by atoms with Crippen LogP contribution in [-0.2, 0) is 9.59 Å². The van der Waals surface area contributed by atoms with Gasteiger partial charge in [-0.1, -0.05) is 81.1 Å². The molecule has 5 heteroatoms. The molecule has 37 heavy (non-hydrogen) atoms. The number of carbonyl (C=O) groups is 2. The molecular weight excluding hydrogens is 458 g/mol. The molecule has 0 saturated carbocycles. The van der Waals surface area contributed by atoms with E-state index < -0.39 is 0 Å². The molecule has 5 nitrogen and oxygen atoms in total. The molecule has 0 bridgehead atoms. The molecule has 3 aromatic carbocycles. The zero-order valence-corrected chi connectivity index (χ0v) is 21.8. The SMILES string of the molecule is CCCCCCCC(=O)Nc1ccc(N2CCN(C(=O)C3c4ccccc4-c4ccccc43)CC2)cc1. The number of hydrogen-bond donors (Lipinski definition) is 1. The van der Waals surface area contributed by atoms with Crippen molar-refractivity contribution in [1.82, 2.24) is 4.90 Å². The highest BCUT2D eigenvalue weighted by Gasteiger charge is 2.36. The number of nitrogens with zero attached hydrogens (tertiary/aromatic N) is 2. The lowest BCUT2D eigenvalue weighted by Crippen LogP contribution is -2.50. The van der Waals surface area contributed by atoms with Crippen molar-refractivity contribution in [2.45, 2.75) is 51.4 Å². The Labute approximate surface area is 220 Å². The Bertz CT molecular complexity index is 1180. The Balaban J connectivity index is 1.15. The van der Waals surface area contributed by atoms with E-state index in [9.17, 15) is 9.59 Å². The van der Waals surface area contributed by atoms with Gasteiger partial charge in [0.15, 0.2) is 0 Å². The van der Waals surface area contributed by atoms with Crippen LogP contribution in [0.15, 0.2) is 72.8 Å². The summed E-state index contributed by atoms with van der Waals surface area (Å²) in [5.74, 6) is 0.0738. The third-order valence-corrected chi connectivity index (χ3v) is 7.70. The van der Waals surface area contributed by atoms with Gasteiger partial charge in [0.1, 0.15) is 0 Å². The zero-order valence-electron chi connectivity index (χ0n) is 21.8. The minimum Gasteiger partial charge on any atom is -0.368 e. The summed E-state index contributed by atoms with van der Waals surface area (Å²) < 4.78 is 0. The van der Waals surface area contributed by atoms with E-state index in [0.29, 0.717) is 19.5 Å². The van der Waals surface area contributed by atoms with Crippen molar-refractivity contribution in [3.8, 4) is 11.1 Å². The second-order valence-corrected chi connectivity index (χ2v) is 10.2. The summed E-state index contributed by atoms with van der Waals surface area (Å²) in [5, 5.41) is 3.02. The molecule has 2 aliphatic rings. The van der Waals surface area contributed by atoms with Crippen molar-refractivity contribution in [3.05, 3.63) is 83.9 Å². The summed E-state index contributed by atoms with van der Waals surface area (Å²) in [6.45, 7) is 5.20. The molecule has 5 rings (SSSR count). The van der Waals surface area contributed by atoms with Gasteiger partial charge in [-0.15, -0.1) is 0 Å². The summed E-state index contributed by atoms with van der Waals surface area (Å²) in [7, 11) is 0. The standard InChI is InChI=1S/C32H37N3O2/c1-2-3-4-5-6-15-30(36)33-24-16-18-25(19-17-24)34-20-22-35(23-21-34)32(37)31-28-13-9-7-11-26(28)27-12-8-10-14-29(27)31/h7-14,16-19,31H,2-6,15,20-23H2,1H3,(H,33,36). The number of fused-ring (bicyclic) bond motifs is 3. The van der Waals surface area contributed by atoms with Crippen LogP contribution in [0, 0.1) is 0 Å². The van der Waals surface area contributed by atoms with Crippen molar-refractivity contribution < 1.29 is 9.59 Å². The maximum absolute atomic E-state index is 13.7. The van der Waals surface area contributed by atoms with Gasteiger partial charge in [0.2, 0.25) is 11.8 Å². The highest BCUT2D eigenvalue weighted by atomic mass is 16.2. The molecule has 192 valence electrons. The quantitative estimate of drug-likeness (QED) is 0.347. The number of carbonyl (C=O) groups excluding carboxylic acids is 2. The third-order valence-electron chi connectivity index (χ3n) is 7.70. The predicted molar refractivity (Wildman–Crippen MR) is 151 cm³/mol. The molecular formula is C32H37N3O2. The van der Waals surface area contributed by atoms with Gasteiger partial charge < -0.3 is 15.1 Å². The monoisotopic (exact) mass is 495 g/mol. The maximum Gasteiger partial charge on any atom is 0.234 e. The van der Waals surface area contributed by atoms with Crippen molar-refractivity contribution >= 4 is 23.2 Å². The summed E-state index contributed by atoms with van der Waals surface area (Å²) in [5.41, 5.74) is 6.57. The van der Waals surface area contributed by atoms with Crippen LogP contribution in [0.5, 0.6) is 0 Å². The molecule has 0 radical (unpaired) electrons. The minimum atomic E-state index is -0.214. The Kier molecular flexibility index (Phi) is 7.88. The lowest BCUT2D eigenvalue weighted by molar-refractivity contribution is -0.132. The van der Waals surface area contributed by atoms with Gasteiger partial charge in [-0.25, -0.2) is 0 Å². The number of hydrogen-bond acceptors (Lipinski definition) is 3. The second kappa shape index (κ2) is 11.6. The smallest absolute Gasteiger partial charge is 0.234 e. The topological polar surface area (TPSA) is 52.7 Å². The Morgan fingerprint density at radius 1 is 0.757 bits per heavy atom. The fourth-order valence-electron chi connectivity index (χ4n) is 5.66. The molecule has 1 heterocycles. The number of amides is 2. The number of unbranched alkanes of at least 4 members (excludes halogenated alkanes) is 4. The average Bonchev–Trinajstić information content (AvgIpc) is 3.27. The lowest BCUT2D eigenvalue weighted by atomic mass is 9.95. The minimum absolute atomic E-state index is 0.0893. The summed E-state index contributed by atoms with van der Waals surface area (Å²) in [6.07, 6.45) is 6.32. The van der Waals surface area contributed by atoms with Crippen molar-refractivity contribution in [2.24, 2.45) is 0 Å². The number of piperazine rings is 1. The van der Waals surface area contributed by atoms with Crippen LogP contribution in [0.2, 0.25) is 0 Å². The summed E-state index contributed by atoms with van der Waals surface area (Å²) in [6, 6.07) is 24.7. The average molecular weight is 496 g/mol. The lowest BCUT2D eigenvalue weighted by Gasteiger charge is -2.37. The van der Waals surface area contributed by atoms with Crippen molar-refractivity contribution in [1.29, 1.82) is 0 Å². The molecule has 1 aliphatic heterocycles. The van der Waals surface area contributed by atoms with Gasteiger partial charge in [-0.3, -0.25) is 9.59 Å². The third kappa shape index (κ3) is 5.56. The van der Waals surface area contributed by atoms with Crippen LogP contribution in [0.4, 0.5) is 11.4 Å². The second-order valence-electron chi connectivity index (χ2n) is 10.2. The van der Waals surface area contributed by atoms with Gasteiger partial charge in [0, 0.05) is 44.0 Å². The van der Waals surface area contributed by atoms with Gasteiger partial charge in [-0.05, 0) is 52.9 Å². The van der Waals surface area contributed by atoms with E-state index in [1.807, 2.05) is 41.3 Å². The van der Waals surface area contributed by atoms with Gasteiger partial charge in [-0.2, -0.15) is 0 Å². The van der Waals surface area contributed by atoms with Gasteiger partial charge in [0.05, 0.1) is 5.92 Å². The van der Waals surface area contributed by atoms with E-state index in [1.165, 1.54) is 30.4 Å². The fraction of sp³-hybridized carbons (Fsp3) is 0.375. The van der Waals surface area contributed by atoms with Crippen LogP contribution in [0.3, 0.4) is 0 Å². The summed E-state index contributed by atoms with van der Waals surface area (Å²) >= 11 is 0. The van der Waals surface area contributed by atoms with Crippen LogP contribution in [0.25, 0.3) is 11.1 Å². The first kappa shape index (κ1) is 25.1. The molecule has 2 amide bonds. The number of rotatable bonds is 9. The number of benzene rings is 3. The molecule has 1 aliphatic carbocycles. The van der Waals surface area contributed by atoms with E-state index in [-0.39, 0.29) is 17.7 Å². The molecule has 0 unspecified atom stereocenters. The number of anilines is 2. The molecule has 0 aromatic heterocycles. The fourth-order valence-corrected chi connectivity index (χ4v) is 5.66. The van der Waals surface area contributed by atoms with Gasteiger partial charge >= 0.3 is 0 Å². The molecule has 0 atom stereocenters. The van der Waals surface area contributed by atoms with Crippen LogP contribution >= 0.6 is 0 Å². The van der Waals surface area contributed by atoms with Crippen LogP contribution in [0.1, 0.15) is 62.5 Å². The molecule has 1 saturated heterocycles. The van der Waals surface area contributed by atoms with E-state index in [4.69, 9.17) is 0 Å². The Hall–Kier alpha value is -3.60. The first-order valence-electron chi connectivity index (χ1n) is 13.8. The van der Waals surface area contributed by atoms with E-state index >= 15 is 0 Å². The highest BCUT2D eigenvalue weighted by molar-refractivity contribution is 5.96. The van der Waals surface area contributed by atoms with Crippen LogP contribution < -0.4 is 10.2 Å². The van der Waals surface area contributed by atoms with Crippen LogP contribution in [-0.4, -0.2) is 42.9 Å². The summed E-state index contributed by atoms with van der Waals surface area (Å²) in [4.78, 5) is 30.3. The van der Waals surface area contributed by atoms with Gasteiger partial charge in [0.25, 0.3) is 0 Å². The van der Waals surface area contributed by atoms with E-state index in [1.54, 1.807) is 0 Å². The zero-order chi connectivity index (χ0) is 25.6. The van der Waals surface area contributed by atoms with E-state index in [0.717, 1.165) is 48.4 Å². The molecule has 1 N–H and O–H groups in total. The maximum atomic E-state index is 13.7. The Morgan fingerprint density at radius 2 is 1.35 bits per heavy atom. The first-order chi connectivity index (χ1) is 18.2. The normalized spacial score (nSPS) is 14.8.